The van der Waals surface area contributed by atoms with Crippen LogP contribution in [0.5, 0.6) is 0 Å². The lowest BCUT2D eigenvalue weighted by molar-refractivity contribution is 0.0968. The van der Waals surface area contributed by atoms with Crippen LogP contribution < -0.4 is 0 Å². The molecule has 0 aliphatic carbocycles. The quantitative estimate of drug-likeness (QED) is 0.733. The number of Topliss-reactive ketones (excluding diaryl/α,β-unsaturated/α-hetero) is 1. The number of nitrogens with one attached hydrogen (secondary N) is 1. The van der Waals surface area contributed by atoms with Crippen LogP contribution in [0.15, 0.2) is 48.8 Å². The predicted octanol–water partition coefficient (Wildman–Crippen LogP) is 4.20. The fourth-order valence-corrected chi connectivity index (χ4v) is 2.58. The standard InChI is InChI=1S/C16H13ClN2O/c1-10(11-5-3-2-4-6-11)15(20)12-9-19-16-14(12)13(17)7-8-18-16/h2-10H,1H3,(H,18,19). The molecule has 0 fully saturated rings. The molecule has 0 saturated heterocycles. The van der Waals surface area contributed by atoms with Gasteiger partial charge in [-0.1, -0.05) is 48.9 Å². The SMILES string of the molecule is CC(C(=O)c1c[nH]c2nccc(Cl)c12)c1ccccc1. The Morgan fingerprint density at radius 3 is 2.75 bits per heavy atom. The highest BCUT2D eigenvalue weighted by Crippen LogP contribution is 2.29. The molecule has 1 unspecified atom stereocenters. The number of aromatic amines is 1. The lowest BCUT2D eigenvalue weighted by Crippen LogP contribution is -2.09. The summed E-state index contributed by atoms with van der Waals surface area (Å²) in [4.78, 5) is 19.9. The van der Waals surface area contributed by atoms with E-state index in [-0.39, 0.29) is 11.7 Å². The summed E-state index contributed by atoms with van der Waals surface area (Å²) in [5.41, 5.74) is 2.22. The Kier molecular flexibility index (Phi) is 3.28. The van der Waals surface area contributed by atoms with E-state index in [1.807, 2.05) is 37.3 Å². The molecule has 0 saturated carbocycles. The zero-order valence-corrected chi connectivity index (χ0v) is 11.7. The lowest BCUT2D eigenvalue weighted by atomic mass is 9.92. The number of fused-ring (bicyclic) bond motifs is 1. The molecule has 0 aliphatic heterocycles. The summed E-state index contributed by atoms with van der Waals surface area (Å²) < 4.78 is 0. The molecule has 2 heterocycles. The van der Waals surface area contributed by atoms with Crippen LogP contribution in [-0.2, 0) is 0 Å². The summed E-state index contributed by atoms with van der Waals surface area (Å²) in [7, 11) is 0. The van der Waals surface area contributed by atoms with Gasteiger partial charge in [-0.15, -0.1) is 0 Å². The molecule has 0 aliphatic rings. The number of nitrogens with zero attached hydrogens (tertiary/aromatic N) is 1. The minimum atomic E-state index is -0.216. The van der Waals surface area contributed by atoms with Gasteiger partial charge >= 0.3 is 0 Å². The molecule has 0 spiro atoms. The minimum Gasteiger partial charge on any atom is -0.345 e. The monoisotopic (exact) mass is 284 g/mol. The molecule has 3 nitrogen and oxygen atoms in total. The van der Waals surface area contributed by atoms with Crippen molar-refractivity contribution in [1.82, 2.24) is 9.97 Å². The number of pyridine rings is 1. The molecule has 3 rings (SSSR count). The van der Waals surface area contributed by atoms with Gasteiger partial charge in [0.15, 0.2) is 5.78 Å². The topological polar surface area (TPSA) is 45.8 Å². The number of hydrogen-bond acceptors (Lipinski definition) is 2. The highest BCUT2D eigenvalue weighted by atomic mass is 35.5. The molecule has 1 aromatic carbocycles. The molecular formula is C16H13ClN2O. The highest BCUT2D eigenvalue weighted by molar-refractivity contribution is 6.36. The average molecular weight is 285 g/mol. The fraction of sp³-hybridized carbons (Fsp3) is 0.125. The first-order chi connectivity index (χ1) is 9.68. The molecule has 3 aromatic rings. The number of ketones is 1. The van der Waals surface area contributed by atoms with E-state index >= 15 is 0 Å². The summed E-state index contributed by atoms with van der Waals surface area (Å²) >= 11 is 6.19. The Balaban J connectivity index is 2.05. The van der Waals surface area contributed by atoms with Crippen molar-refractivity contribution in [2.75, 3.05) is 0 Å². The van der Waals surface area contributed by atoms with Crippen LogP contribution in [0, 0.1) is 0 Å². The van der Waals surface area contributed by atoms with E-state index < -0.39 is 0 Å². The van der Waals surface area contributed by atoms with Crippen LogP contribution >= 0.6 is 11.6 Å². The van der Waals surface area contributed by atoms with Gasteiger partial charge in [-0.25, -0.2) is 4.98 Å². The van der Waals surface area contributed by atoms with Crippen LogP contribution in [-0.4, -0.2) is 15.8 Å². The molecule has 4 heteroatoms. The van der Waals surface area contributed by atoms with E-state index in [2.05, 4.69) is 9.97 Å². The zero-order chi connectivity index (χ0) is 14.1. The second-order valence-corrected chi connectivity index (χ2v) is 5.12. The maximum absolute atomic E-state index is 12.7. The van der Waals surface area contributed by atoms with Crippen molar-refractivity contribution >= 4 is 28.4 Å². The first-order valence-corrected chi connectivity index (χ1v) is 6.77. The van der Waals surface area contributed by atoms with Gasteiger partial charge in [-0.2, -0.15) is 0 Å². The van der Waals surface area contributed by atoms with Crippen LogP contribution in [0.3, 0.4) is 0 Å². The Morgan fingerprint density at radius 1 is 1.25 bits per heavy atom. The number of carbonyl (C=O) groups is 1. The third-order valence-electron chi connectivity index (χ3n) is 3.48. The molecular weight excluding hydrogens is 272 g/mol. The zero-order valence-electron chi connectivity index (χ0n) is 10.9. The van der Waals surface area contributed by atoms with Crippen molar-refractivity contribution in [2.24, 2.45) is 0 Å². The van der Waals surface area contributed by atoms with E-state index in [4.69, 9.17) is 11.6 Å². The lowest BCUT2D eigenvalue weighted by Gasteiger charge is -2.10. The van der Waals surface area contributed by atoms with Gasteiger partial charge in [-0.05, 0) is 11.6 Å². The van der Waals surface area contributed by atoms with Crippen LogP contribution in [0.25, 0.3) is 11.0 Å². The predicted molar refractivity (Wildman–Crippen MR) is 80.3 cm³/mol. The Labute approximate surface area is 121 Å². The van der Waals surface area contributed by atoms with E-state index in [1.54, 1.807) is 18.5 Å². The first kappa shape index (κ1) is 12.9. The van der Waals surface area contributed by atoms with Gasteiger partial charge in [-0.3, -0.25) is 4.79 Å². The van der Waals surface area contributed by atoms with E-state index in [1.165, 1.54) is 0 Å². The molecule has 20 heavy (non-hydrogen) atoms. The number of carbonyl (C=O) groups excluding carboxylic acids is 1. The van der Waals surface area contributed by atoms with Gasteiger partial charge in [0.25, 0.3) is 0 Å². The minimum absolute atomic E-state index is 0.0392. The highest BCUT2D eigenvalue weighted by Gasteiger charge is 2.21. The average Bonchev–Trinajstić information content (AvgIpc) is 2.92. The van der Waals surface area contributed by atoms with Gasteiger partial charge < -0.3 is 4.98 Å². The second-order valence-electron chi connectivity index (χ2n) is 4.72. The Morgan fingerprint density at radius 2 is 2.00 bits per heavy atom. The van der Waals surface area contributed by atoms with Crippen molar-refractivity contribution in [3.05, 3.63) is 64.9 Å². The number of rotatable bonds is 3. The van der Waals surface area contributed by atoms with Crippen LogP contribution in [0.1, 0.15) is 28.8 Å². The molecule has 100 valence electrons. The largest absolute Gasteiger partial charge is 0.345 e. The Bertz CT molecular complexity index is 765. The molecule has 1 atom stereocenters. The first-order valence-electron chi connectivity index (χ1n) is 6.39. The van der Waals surface area contributed by atoms with Crippen LogP contribution in [0.4, 0.5) is 0 Å². The smallest absolute Gasteiger partial charge is 0.172 e. The number of benzene rings is 1. The van der Waals surface area contributed by atoms with Crippen molar-refractivity contribution in [1.29, 1.82) is 0 Å². The van der Waals surface area contributed by atoms with Crippen molar-refractivity contribution in [3.63, 3.8) is 0 Å². The van der Waals surface area contributed by atoms with Gasteiger partial charge in [0.05, 0.1) is 5.02 Å². The molecule has 0 amide bonds. The Hall–Kier alpha value is -2.13. The number of aromatic nitrogens is 2. The number of hydrogen-bond donors (Lipinski definition) is 1. The summed E-state index contributed by atoms with van der Waals surface area (Å²) in [6.07, 6.45) is 3.31. The van der Waals surface area contributed by atoms with E-state index in [0.717, 1.165) is 5.56 Å². The van der Waals surface area contributed by atoms with Gasteiger partial charge in [0, 0.05) is 29.3 Å². The third kappa shape index (κ3) is 2.10. The molecule has 1 N–H and O–H groups in total. The maximum Gasteiger partial charge on any atom is 0.172 e. The van der Waals surface area contributed by atoms with E-state index in [9.17, 15) is 4.79 Å². The third-order valence-corrected chi connectivity index (χ3v) is 3.80. The van der Waals surface area contributed by atoms with Crippen molar-refractivity contribution < 1.29 is 4.79 Å². The second kappa shape index (κ2) is 5.10. The summed E-state index contributed by atoms with van der Waals surface area (Å²) in [6.45, 7) is 1.90. The molecule has 0 bridgehead atoms. The van der Waals surface area contributed by atoms with E-state index in [0.29, 0.717) is 21.6 Å². The molecule has 2 aromatic heterocycles. The summed E-state index contributed by atoms with van der Waals surface area (Å²) in [5.74, 6) is -0.177. The summed E-state index contributed by atoms with van der Waals surface area (Å²) in [5, 5.41) is 1.24. The maximum atomic E-state index is 12.7. The normalized spacial score (nSPS) is 12.5. The van der Waals surface area contributed by atoms with Crippen molar-refractivity contribution in [3.8, 4) is 0 Å². The number of H-pyrrole nitrogens is 1. The number of halogens is 1. The fourth-order valence-electron chi connectivity index (χ4n) is 2.34. The van der Waals surface area contributed by atoms with Crippen molar-refractivity contribution in [2.45, 2.75) is 12.8 Å². The van der Waals surface area contributed by atoms with Gasteiger partial charge in [0.1, 0.15) is 5.65 Å². The molecule has 0 radical (unpaired) electrons. The van der Waals surface area contributed by atoms with Crippen LogP contribution in [0.2, 0.25) is 5.02 Å². The van der Waals surface area contributed by atoms with Gasteiger partial charge in [0.2, 0.25) is 0 Å². The summed E-state index contributed by atoms with van der Waals surface area (Å²) in [6, 6.07) is 11.4.